The largest absolute Gasteiger partial charge is 0.481 e. The van der Waals surface area contributed by atoms with E-state index in [2.05, 4.69) is 30.8 Å². The van der Waals surface area contributed by atoms with Crippen LogP contribution in [-0.4, -0.2) is 47.1 Å². The van der Waals surface area contributed by atoms with E-state index in [0.717, 1.165) is 36.9 Å². The molecule has 1 unspecified atom stereocenters. The number of nitrogens with one attached hydrogen (secondary N) is 2. The molecule has 9 nitrogen and oxygen atoms in total. The molecule has 0 saturated heterocycles. The number of carboxylic acids is 1. The van der Waals surface area contributed by atoms with E-state index in [1.54, 1.807) is 16.9 Å². The van der Waals surface area contributed by atoms with Gasteiger partial charge < -0.3 is 15.4 Å². The van der Waals surface area contributed by atoms with Gasteiger partial charge in [0.05, 0.1) is 24.0 Å². The molecule has 31 heavy (non-hydrogen) atoms. The number of rotatable bonds is 4. The Morgan fingerprint density at radius 3 is 2.81 bits per heavy atom. The summed E-state index contributed by atoms with van der Waals surface area (Å²) in [5.41, 5.74) is 3.26. The maximum atomic E-state index is 13.9. The molecule has 10 heteroatoms. The SMILES string of the molecule is O=C(O)[C@@H]1C(Nc2cc(-c3c[nH]c4ncc(F)cc34)c3nnnn3c2)[C@H]2CC[C@@H]1CC2. The molecule has 3 N–H and O–H groups in total. The van der Waals surface area contributed by atoms with E-state index in [1.165, 1.54) is 12.3 Å². The van der Waals surface area contributed by atoms with Gasteiger partial charge in [0, 0.05) is 28.8 Å². The van der Waals surface area contributed by atoms with Crippen LogP contribution >= 0.6 is 0 Å². The second-order valence-electron chi connectivity index (χ2n) is 8.55. The van der Waals surface area contributed by atoms with Crippen molar-refractivity contribution in [3.05, 3.63) is 36.5 Å². The van der Waals surface area contributed by atoms with Gasteiger partial charge >= 0.3 is 5.97 Å². The Bertz CT molecular complexity index is 1310. The summed E-state index contributed by atoms with van der Waals surface area (Å²) in [6, 6.07) is 3.18. The topological polar surface area (TPSA) is 121 Å². The van der Waals surface area contributed by atoms with Crippen LogP contribution in [0.5, 0.6) is 0 Å². The van der Waals surface area contributed by atoms with Crippen LogP contribution in [0.1, 0.15) is 25.7 Å². The summed E-state index contributed by atoms with van der Waals surface area (Å²) >= 11 is 0. The van der Waals surface area contributed by atoms with Crippen LogP contribution in [0.2, 0.25) is 0 Å². The second-order valence-corrected chi connectivity index (χ2v) is 8.55. The minimum atomic E-state index is -0.742. The third-order valence-electron chi connectivity index (χ3n) is 6.92. The lowest BCUT2D eigenvalue weighted by molar-refractivity contribution is -0.148. The van der Waals surface area contributed by atoms with Gasteiger partial charge in [0.2, 0.25) is 0 Å². The van der Waals surface area contributed by atoms with Crippen LogP contribution < -0.4 is 5.32 Å². The van der Waals surface area contributed by atoms with Crippen molar-refractivity contribution in [1.29, 1.82) is 0 Å². The standard InChI is InChI=1S/C21H20FN7O2/c22-12-5-14-16(8-24-19(14)23-7-12)15-6-13(9-29-20(15)26-27-28-29)25-18-11-3-1-10(2-4-11)17(18)21(30)31/h5-11,17-18,25H,1-4H2,(H,23,24)(H,30,31)/t10-,11+,17-,18?/m0/s1. The summed E-state index contributed by atoms with van der Waals surface area (Å²) in [4.78, 5) is 19.2. The summed E-state index contributed by atoms with van der Waals surface area (Å²) in [6.45, 7) is 0. The van der Waals surface area contributed by atoms with Crippen molar-refractivity contribution in [2.45, 2.75) is 31.7 Å². The molecule has 4 aromatic rings. The van der Waals surface area contributed by atoms with E-state index >= 15 is 0 Å². The monoisotopic (exact) mass is 421 g/mol. The predicted octanol–water partition coefficient (Wildman–Crippen LogP) is 3.11. The normalized spacial score (nSPS) is 25.3. The first-order chi connectivity index (χ1) is 15.1. The zero-order valence-electron chi connectivity index (χ0n) is 16.5. The van der Waals surface area contributed by atoms with Crippen LogP contribution in [0.3, 0.4) is 0 Å². The van der Waals surface area contributed by atoms with Gasteiger partial charge in [0.15, 0.2) is 5.65 Å². The third-order valence-corrected chi connectivity index (χ3v) is 6.92. The van der Waals surface area contributed by atoms with Crippen molar-refractivity contribution in [3.8, 4) is 11.1 Å². The number of pyridine rings is 2. The minimum absolute atomic E-state index is 0.145. The predicted molar refractivity (Wildman–Crippen MR) is 110 cm³/mol. The highest BCUT2D eigenvalue weighted by Crippen LogP contribution is 2.46. The average Bonchev–Trinajstić information content (AvgIpc) is 3.40. The minimum Gasteiger partial charge on any atom is -0.481 e. The van der Waals surface area contributed by atoms with Crippen molar-refractivity contribution < 1.29 is 14.3 Å². The average molecular weight is 421 g/mol. The lowest BCUT2D eigenvalue weighted by Crippen LogP contribution is -2.51. The summed E-state index contributed by atoms with van der Waals surface area (Å²) < 4.78 is 15.4. The van der Waals surface area contributed by atoms with Gasteiger partial charge in [-0.25, -0.2) is 9.37 Å². The van der Waals surface area contributed by atoms with Gasteiger partial charge in [0.25, 0.3) is 0 Å². The number of nitrogens with zero attached hydrogens (tertiary/aromatic N) is 5. The number of carbonyl (C=O) groups is 1. The number of carboxylic acid groups (broad SMARTS) is 1. The molecular weight excluding hydrogens is 401 g/mol. The summed E-state index contributed by atoms with van der Waals surface area (Å²) in [5.74, 6) is -1.05. The third kappa shape index (κ3) is 2.85. The number of aromatic nitrogens is 6. The van der Waals surface area contributed by atoms with Crippen molar-refractivity contribution >= 4 is 28.3 Å². The number of halogens is 1. The molecule has 0 aliphatic heterocycles. The van der Waals surface area contributed by atoms with E-state index in [-0.39, 0.29) is 12.0 Å². The first-order valence-electron chi connectivity index (χ1n) is 10.4. The summed E-state index contributed by atoms with van der Waals surface area (Å²) in [5, 5.41) is 25.9. The molecule has 158 valence electrons. The Kier molecular flexibility index (Phi) is 3.95. The molecule has 0 spiro atoms. The fourth-order valence-corrected chi connectivity index (χ4v) is 5.53. The van der Waals surface area contributed by atoms with Gasteiger partial charge in [0.1, 0.15) is 11.5 Å². The van der Waals surface area contributed by atoms with Crippen LogP contribution in [0.25, 0.3) is 27.8 Å². The Hall–Kier alpha value is -3.56. The fraction of sp³-hybridized carbons (Fsp3) is 0.381. The molecule has 3 aliphatic carbocycles. The molecule has 7 rings (SSSR count). The molecule has 0 aromatic carbocycles. The molecule has 0 amide bonds. The number of hydrogen-bond donors (Lipinski definition) is 3. The molecule has 3 aliphatic rings. The first kappa shape index (κ1) is 18.2. The Balaban J connectivity index is 1.45. The molecule has 3 fully saturated rings. The molecule has 0 radical (unpaired) electrons. The number of aromatic amines is 1. The Labute approximate surface area is 175 Å². The molecule has 2 bridgehead atoms. The molecular formula is C21H20FN7O2. The number of aliphatic carboxylic acids is 1. The van der Waals surface area contributed by atoms with Crippen molar-refractivity contribution in [1.82, 2.24) is 30.0 Å². The smallest absolute Gasteiger partial charge is 0.308 e. The van der Waals surface area contributed by atoms with E-state index < -0.39 is 17.7 Å². The first-order valence-corrected chi connectivity index (χ1v) is 10.4. The number of H-pyrrole nitrogens is 1. The molecule has 4 aromatic heterocycles. The highest BCUT2D eigenvalue weighted by Gasteiger charge is 2.47. The van der Waals surface area contributed by atoms with Crippen LogP contribution in [0.4, 0.5) is 10.1 Å². The van der Waals surface area contributed by atoms with Gasteiger partial charge in [-0.3, -0.25) is 4.79 Å². The summed E-state index contributed by atoms with van der Waals surface area (Å²) in [7, 11) is 0. The van der Waals surface area contributed by atoms with Gasteiger partial charge in [-0.05, 0) is 60.1 Å². The van der Waals surface area contributed by atoms with Crippen molar-refractivity contribution in [2.24, 2.45) is 17.8 Å². The van der Waals surface area contributed by atoms with Gasteiger partial charge in [-0.2, -0.15) is 4.52 Å². The summed E-state index contributed by atoms with van der Waals surface area (Å²) in [6.07, 6.45) is 8.73. The van der Waals surface area contributed by atoms with Gasteiger partial charge in [-0.1, -0.05) is 0 Å². The highest BCUT2D eigenvalue weighted by atomic mass is 19.1. The number of hydrogen-bond acceptors (Lipinski definition) is 6. The highest BCUT2D eigenvalue weighted by molar-refractivity contribution is 5.97. The van der Waals surface area contributed by atoms with Crippen LogP contribution in [-0.2, 0) is 4.79 Å². The molecule has 2 atom stereocenters. The zero-order chi connectivity index (χ0) is 21.1. The molecule has 3 saturated carbocycles. The van der Waals surface area contributed by atoms with Crippen LogP contribution in [0, 0.1) is 23.6 Å². The Morgan fingerprint density at radius 2 is 2.00 bits per heavy atom. The Morgan fingerprint density at radius 1 is 1.19 bits per heavy atom. The number of anilines is 1. The maximum Gasteiger partial charge on any atom is 0.308 e. The van der Waals surface area contributed by atoms with Crippen molar-refractivity contribution in [3.63, 3.8) is 0 Å². The molecule has 4 heterocycles. The van der Waals surface area contributed by atoms with E-state index in [4.69, 9.17) is 0 Å². The second kappa shape index (κ2) is 6.73. The van der Waals surface area contributed by atoms with Gasteiger partial charge in [-0.15, -0.1) is 5.10 Å². The number of tetrazole rings is 1. The van der Waals surface area contributed by atoms with E-state index in [0.29, 0.717) is 28.2 Å². The quantitative estimate of drug-likeness (QED) is 0.463. The number of fused-ring (bicyclic) bond motifs is 5. The lowest BCUT2D eigenvalue weighted by Gasteiger charge is -2.47. The fourth-order valence-electron chi connectivity index (χ4n) is 5.53. The maximum absolute atomic E-state index is 13.9. The lowest BCUT2D eigenvalue weighted by atomic mass is 9.61. The van der Waals surface area contributed by atoms with E-state index in [9.17, 15) is 14.3 Å². The van der Waals surface area contributed by atoms with Crippen molar-refractivity contribution in [2.75, 3.05) is 5.32 Å². The zero-order valence-corrected chi connectivity index (χ0v) is 16.5. The van der Waals surface area contributed by atoms with E-state index in [1.807, 2.05) is 6.07 Å². The van der Waals surface area contributed by atoms with Crippen LogP contribution in [0.15, 0.2) is 30.7 Å².